The maximum Gasteiger partial charge on any atom is 0.130 e. The number of hydrogen-bond acceptors (Lipinski definition) is 4. The van der Waals surface area contributed by atoms with Crippen molar-refractivity contribution in [2.75, 3.05) is 19.5 Å². The standard InChI is InChI=1S/C13H14FN3O/c1-8-16-11(7-13(15-2)17-8)10-6-9(14)4-5-12(10)18-3/h4-7H,1-3H3,(H,15,16,17). The summed E-state index contributed by atoms with van der Waals surface area (Å²) in [6, 6.07) is 6.10. The zero-order valence-electron chi connectivity index (χ0n) is 10.5. The van der Waals surface area contributed by atoms with Gasteiger partial charge in [0, 0.05) is 18.7 Å². The van der Waals surface area contributed by atoms with Gasteiger partial charge in [-0.3, -0.25) is 0 Å². The van der Waals surface area contributed by atoms with Gasteiger partial charge in [-0.2, -0.15) is 0 Å². The average molecular weight is 247 g/mol. The molecule has 0 fully saturated rings. The Bertz CT molecular complexity index is 572. The highest BCUT2D eigenvalue weighted by Gasteiger charge is 2.10. The minimum atomic E-state index is -0.326. The van der Waals surface area contributed by atoms with Gasteiger partial charge in [0.25, 0.3) is 0 Å². The largest absolute Gasteiger partial charge is 0.496 e. The molecule has 0 spiro atoms. The van der Waals surface area contributed by atoms with E-state index in [2.05, 4.69) is 15.3 Å². The lowest BCUT2D eigenvalue weighted by Gasteiger charge is -2.10. The molecule has 0 unspecified atom stereocenters. The summed E-state index contributed by atoms with van der Waals surface area (Å²) in [6.07, 6.45) is 0. The van der Waals surface area contributed by atoms with Crippen LogP contribution in [0.2, 0.25) is 0 Å². The number of aryl methyl sites for hydroxylation is 1. The molecule has 0 saturated heterocycles. The zero-order chi connectivity index (χ0) is 13.1. The number of nitrogens with one attached hydrogen (secondary N) is 1. The van der Waals surface area contributed by atoms with Gasteiger partial charge in [-0.1, -0.05) is 0 Å². The van der Waals surface area contributed by atoms with E-state index in [1.165, 1.54) is 12.1 Å². The molecular weight excluding hydrogens is 233 g/mol. The molecule has 0 bridgehead atoms. The van der Waals surface area contributed by atoms with Gasteiger partial charge in [0.1, 0.15) is 23.2 Å². The third-order valence-corrected chi connectivity index (χ3v) is 2.53. The number of benzene rings is 1. The van der Waals surface area contributed by atoms with Crippen LogP contribution in [0.3, 0.4) is 0 Å². The molecule has 0 amide bonds. The zero-order valence-corrected chi connectivity index (χ0v) is 10.5. The Labute approximate surface area is 105 Å². The summed E-state index contributed by atoms with van der Waals surface area (Å²) < 4.78 is 18.6. The summed E-state index contributed by atoms with van der Waals surface area (Å²) in [6.45, 7) is 1.79. The van der Waals surface area contributed by atoms with Crippen LogP contribution in [0.25, 0.3) is 11.3 Å². The van der Waals surface area contributed by atoms with Gasteiger partial charge in [0.2, 0.25) is 0 Å². The fourth-order valence-corrected chi connectivity index (χ4v) is 1.71. The second-order valence-electron chi connectivity index (χ2n) is 3.78. The van der Waals surface area contributed by atoms with Gasteiger partial charge in [-0.05, 0) is 25.1 Å². The molecule has 18 heavy (non-hydrogen) atoms. The molecule has 0 atom stereocenters. The Kier molecular flexibility index (Phi) is 3.41. The maximum atomic E-state index is 13.3. The smallest absolute Gasteiger partial charge is 0.130 e. The van der Waals surface area contributed by atoms with Crippen molar-refractivity contribution < 1.29 is 9.13 Å². The molecule has 0 aliphatic rings. The van der Waals surface area contributed by atoms with Crippen LogP contribution in [-0.4, -0.2) is 24.1 Å². The molecule has 1 aromatic carbocycles. The van der Waals surface area contributed by atoms with Gasteiger partial charge in [-0.15, -0.1) is 0 Å². The molecular formula is C13H14FN3O. The van der Waals surface area contributed by atoms with E-state index in [0.29, 0.717) is 28.6 Å². The Morgan fingerprint density at radius 2 is 2.00 bits per heavy atom. The molecule has 1 N–H and O–H groups in total. The van der Waals surface area contributed by atoms with Crippen LogP contribution in [0.4, 0.5) is 10.2 Å². The molecule has 0 radical (unpaired) electrons. The Morgan fingerprint density at radius 1 is 1.22 bits per heavy atom. The molecule has 0 aliphatic heterocycles. The summed E-state index contributed by atoms with van der Waals surface area (Å²) in [5.74, 6) is 1.55. The van der Waals surface area contributed by atoms with Gasteiger partial charge >= 0.3 is 0 Å². The highest BCUT2D eigenvalue weighted by Crippen LogP contribution is 2.30. The molecule has 2 rings (SSSR count). The summed E-state index contributed by atoms with van der Waals surface area (Å²) in [5.41, 5.74) is 1.24. The minimum Gasteiger partial charge on any atom is -0.496 e. The average Bonchev–Trinajstić information content (AvgIpc) is 2.38. The summed E-state index contributed by atoms with van der Waals surface area (Å²) in [4.78, 5) is 8.50. The lowest BCUT2D eigenvalue weighted by Crippen LogP contribution is -1.99. The fourth-order valence-electron chi connectivity index (χ4n) is 1.71. The Morgan fingerprint density at radius 3 is 2.67 bits per heavy atom. The van der Waals surface area contributed by atoms with Gasteiger partial charge in [0.15, 0.2) is 0 Å². The number of ether oxygens (including phenoxy) is 1. The van der Waals surface area contributed by atoms with Gasteiger partial charge in [0.05, 0.1) is 12.8 Å². The monoisotopic (exact) mass is 247 g/mol. The van der Waals surface area contributed by atoms with E-state index < -0.39 is 0 Å². The first kappa shape index (κ1) is 12.3. The summed E-state index contributed by atoms with van der Waals surface area (Å²) in [5, 5.41) is 2.94. The first-order valence-corrected chi connectivity index (χ1v) is 5.51. The van der Waals surface area contributed by atoms with Crippen molar-refractivity contribution in [2.24, 2.45) is 0 Å². The van der Waals surface area contributed by atoms with Crippen LogP contribution in [-0.2, 0) is 0 Å². The van der Waals surface area contributed by atoms with Crippen LogP contribution in [0, 0.1) is 12.7 Å². The molecule has 1 aromatic heterocycles. The summed E-state index contributed by atoms with van der Waals surface area (Å²) >= 11 is 0. The lowest BCUT2D eigenvalue weighted by atomic mass is 10.1. The minimum absolute atomic E-state index is 0.326. The van der Waals surface area contributed by atoms with E-state index in [1.54, 1.807) is 33.2 Å². The number of anilines is 1. The molecule has 4 nitrogen and oxygen atoms in total. The van der Waals surface area contributed by atoms with Crippen molar-refractivity contribution in [2.45, 2.75) is 6.92 Å². The molecule has 94 valence electrons. The van der Waals surface area contributed by atoms with E-state index >= 15 is 0 Å². The first-order valence-electron chi connectivity index (χ1n) is 5.51. The highest BCUT2D eigenvalue weighted by atomic mass is 19.1. The van der Waals surface area contributed by atoms with E-state index in [0.717, 1.165) is 0 Å². The van der Waals surface area contributed by atoms with E-state index in [9.17, 15) is 4.39 Å². The van der Waals surface area contributed by atoms with E-state index in [1.807, 2.05) is 0 Å². The molecule has 5 heteroatoms. The first-order chi connectivity index (χ1) is 8.63. The lowest BCUT2D eigenvalue weighted by molar-refractivity contribution is 0.415. The Balaban J connectivity index is 2.60. The number of rotatable bonds is 3. The van der Waals surface area contributed by atoms with Crippen molar-refractivity contribution in [3.8, 4) is 17.0 Å². The Hall–Kier alpha value is -2.17. The number of methoxy groups -OCH3 is 1. The van der Waals surface area contributed by atoms with E-state index in [-0.39, 0.29) is 5.82 Å². The maximum absolute atomic E-state index is 13.3. The van der Waals surface area contributed by atoms with Crippen LogP contribution >= 0.6 is 0 Å². The number of halogens is 1. The highest BCUT2D eigenvalue weighted by molar-refractivity contribution is 5.69. The second kappa shape index (κ2) is 5.00. The normalized spacial score (nSPS) is 10.2. The summed E-state index contributed by atoms with van der Waals surface area (Å²) in [7, 11) is 3.32. The predicted octanol–water partition coefficient (Wildman–Crippen LogP) is 2.64. The number of hydrogen-bond donors (Lipinski definition) is 1. The quantitative estimate of drug-likeness (QED) is 0.905. The third-order valence-electron chi connectivity index (χ3n) is 2.53. The topological polar surface area (TPSA) is 47.0 Å². The fraction of sp³-hybridized carbons (Fsp3) is 0.231. The van der Waals surface area contributed by atoms with Crippen molar-refractivity contribution in [1.82, 2.24) is 9.97 Å². The number of nitrogens with zero attached hydrogens (tertiary/aromatic N) is 2. The molecule has 0 aliphatic carbocycles. The van der Waals surface area contributed by atoms with Crippen LogP contribution in [0.1, 0.15) is 5.82 Å². The molecule has 2 aromatic rings. The predicted molar refractivity (Wildman–Crippen MR) is 68.3 cm³/mol. The van der Waals surface area contributed by atoms with Gasteiger partial charge < -0.3 is 10.1 Å². The molecule has 0 saturated carbocycles. The van der Waals surface area contributed by atoms with Crippen molar-refractivity contribution in [3.05, 3.63) is 35.9 Å². The van der Waals surface area contributed by atoms with Crippen molar-refractivity contribution in [3.63, 3.8) is 0 Å². The van der Waals surface area contributed by atoms with E-state index in [4.69, 9.17) is 4.74 Å². The van der Waals surface area contributed by atoms with Crippen LogP contribution in [0.15, 0.2) is 24.3 Å². The SMILES string of the molecule is CNc1cc(-c2cc(F)ccc2OC)nc(C)n1. The third kappa shape index (κ3) is 2.40. The number of aromatic nitrogens is 2. The molecule has 1 heterocycles. The van der Waals surface area contributed by atoms with Crippen molar-refractivity contribution >= 4 is 5.82 Å². The van der Waals surface area contributed by atoms with Crippen molar-refractivity contribution in [1.29, 1.82) is 0 Å². The van der Waals surface area contributed by atoms with Gasteiger partial charge in [-0.25, -0.2) is 14.4 Å². The van der Waals surface area contributed by atoms with Crippen LogP contribution in [0.5, 0.6) is 5.75 Å². The van der Waals surface area contributed by atoms with Crippen LogP contribution < -0.4 is 10.1 Å². The second-order valence-corrected chi connectivity index (χ2v) is 3.78.